The molecule has 0 amide bonds. The Kier molecular flexibility index (Phi) is 2.73. The zero-order chi connectivity index (χ0) is 13.4. The first-order valence-corrected chi connectivity index (χ1v) is 6.21. The zero-order valence-electron chi connectivity index (χ0n) is 10.2. The van der Waals surface area contributed by atoms with Gasteiger partial charge in [0, 0.05) is 16.0 Å². The van der Waals surface area contributed by atoms with Gasteiger partial charge >= 0.3 is 0 Å². The Balaban J connectivity index is 2.22. The Morgan fingerprint density at radius 1 is 1.21 bits per heavy atom. The number of nitriles is 1. The number of aromatic nitrogens is 2. The van der Waals surface area contributed by atoms with Gasteiger partial charge in [-0.25, -0.2) is 0 Å². The molecule has 0 aliphatic rings. The molecule has 0 aliphatic carbocycles. The number of aromatic amines is 1. The topological polar surface area (TPSA) is 52.5 Å². The highest BCUT2D eigenvalue weighted by atomic mass is 35.5. The summed E-state index contributed by atoms with van der Waals surface area (Å²) in [5.41, 5.74) is 4.29. The van der Waals surface area contributed by atoms with Crippen LogP contribution in [-0.4, -0.2) is 10.2 Å². The number of H-pyrrole nitrogens is 1. The quantitative estimate of drug-likeness (QED) is 0.723. The molecule has 0 unspecified atom stereocenters. The zero-order valence-corrected chi connectivity index (χ0v) is 11.0. The number of rotatable bonds is 1. The number of fused-ring (bicyclic) bond motifs is 1. The number of benzene rings is 2. The minimum atomic E-state index is 0.669. The molecule has 1 heterocycles. The largest absolute Gasteiger partial charge is 0.277 e. The van der Waals surface area contributed by atoms with E-state index in [1.54, 1.807) is 0 Å². The average Bonchev–Trinajstić information content (AvgIpc) is 2.82. The minimum Gasteiger partial charge on any atom is -0.277 e. The highest BCUT2D eigenvalue weighted by molar-refractivity contribution is 6.31. The molecule has 1 N–H and O–H groups in total. The average molecular weight is 268 g/mol. The maximum Gasteiger partial charge on any atom is 0.0999 e. The van der Waals surface area contributed by atoms with Crippen molar-refractivity contribution in [3.05, 3.63) is 52.5 Å². The molecule has 92 valence electrons. The Morgan fingerprint density at radius 2 is 2.05 bits per heavy atom. The summed E-state index contributed by atoms with van der Waals surface area (Å²) >= 11 is 5.95. The van der Waals surface area contributed by atoms with E-state index in [2.05, 4.69) is 16.3 Å². The van der Waals surface area contributed by atoms with E-state index in [4.69, 9.17) is 16.9 Å². The maximum absolute atomic E-state index is 9.09. The van der Waals surface area contributed by atoms with Crippen LogP contribution in [0, 0.1) is 18.3 Å². The number of hydrogen-bond donors (Lipinski definition) is 1. The van der Waals surface area contributed by atoms with Gasteiger partial charge in [-0.05, 0) is 36.8 Å². The second kappa shape index (κ2) is 4.42. The maximum atomic E-state index is 9.09. The first-order chi connectivity index (χ1) is 9.19. The highest BCUT2D eigenvalue weighted by Gasteiger charge is 2.09. The van der Waals surface area contributed by atoms with Crippen LogP contribution in [0.1, 0.15) is 11.1 Å². The van der Waals surface area contributed by atoms with Gasteiger partial charge in [0.2, 0.25) is 0 Å². The van der Waals surface area contributed by atoms with Crippen molar-refractivity contribution in [2.75, 3.05) is 0 Å². The first-order valence-electron chi connectivity index (χ1n) is 5.84. The molecule has 0 atom stereocenters. The van der Waals surface area contributed by atoms with Crippen molar-refractivity contribution < 1.29 is 0 Å². The van der Waals surface area contributed by atoms with Crippen LogP contribution in [0.3, 0.4) is 0 Å². The van der Waals surface area contributed by atoms with Crippen molar-refractivity contribution in [3.63, 3.8) is 0 Å². The van der Waals surface area contributed by atoms with Crippen LogP contribution in [0.15, 0.2) is 36.4 Å². The third kappa shape index (κ3) is 1.96. The SMILES string of the molecule is Cc1ccc(-c2n[nH]c3cc(Cl)ccc23)cc1C#N. The molecule has 0 aliphatic heterocycles. The summed E-state index contributed by atoms with van der Waals surface area (Å²) in [6.45, 7) is 1.92. The van der Waals surface area contributed by atoms with Crippen LogP contribution in [0.4, 0.5) is 0 Å². The van der Waals surface area contributed by atoms with Crippen molar-refractivity contribution in [2.24, 2.45) is 0 Å². The van der Waals surface area contributed by atoms with Gasteiger partial charge in [0.05, 0.1) is 22.8 Å². The molecule has 3 aromatic rings. The normalized spacial score (nSPS) is 10.6. The van der Waals surface area contributed by atoms with Crippen LogP contribution in [0.2, 0.25) is 5.02 Å². The van der Waals surface area contributed by atoms with Crippen molar-refractivity contribution in [1.29, 1.82) is 5.26 Å². The smallest absolute Gasteiger partial charge is 0.0999 e. The molecule has 2 aromatic carbocycles. The number of halogens is 1. The van der Waals surface area contributed by atoms with E-state index in [9.17, 15) is 0 Å². The summed E-state index contributed by atoms with van der Waals surface area (Å²) in [4.78, 5) is 0. The standard InChI is InChI=1S/C15H10ClN3/c1-9-2-3-10(6-11(9)8-17)15-13-5-4-12(16)7-14(13)18-19-15/h2-7H,1H3,(H,18,19). The lowest BCUT2D eigenvalue weighted by molar-refractivity contribution is 1.12. The lowest BCUT2D eigenvalue weighted by Gasteiger charge is -2.01. The van der Waals surface area contributed by atoms with Crippen molar-refractivity contribution >= 4 is 22.5 Å². The number of aryl methyl sites for hydroxylation is 1. The molecule has 1 aromatic heterocycles. The van der Waals surface area contributed by atoms with Gasteiger partial charge in [-0.1, -0.05) is 23.7 Å². The summed E-state index contributed by atoms with van der Waals surface area (Å²) in [6, 6.07) is 13.6. The molecule has 0 saturated heterocycles. The van der Waals surface area contributed by atoms with E-state index in [1.165, 1.54) is 0 Å². The number of nitrogens with one attached hydrogen (secondary N) is 1. The Bertz CT molecular complexity index is 812. The molecule has 0 fully saturated rings. The second-order valence-electron chi connectivity index (χ2n) is 4.40. The predicted molar refractivity (Wildman–Crippen MR) is 76.0 cm³/mol. The lowest BCUT2D eigenvalue weighted by Crippen LogP contribution is -1.85. The van der Waals surface area contributed by atoms with E-state index >= 15 is 0 Å². The van der Waals surface area contributed by atoms with Gasteiger partial charge in [0.15, 0.2) is 0 Å². The minimum absolute atomic E-state index is 0.669. The Morgan fingerprint density at radius 3 is 2.84 bits per heavy atom. The van der Waals surface area contributed by atoms with Gasteiger partial charge < -0.3 is 0 Å². The van der Waals surface area contributed by atoms with E-state index in [0.29, 0.717) is 10.6 Å². The summed E-state index contributed by atoms with van der Waals surface area (Å²) < 4.78 is 0. The van der Waals surface area contributed by atoms with Crippen LogP contribution in [0.25, 0.3) is 22.2 Å². The van der Waals surface area contributed by atoms with E-state index < -0.39 is 0 Å². The van der Waals surface area contributed by atoms with Gasteiger partial charge in [-0.3, -0.25) is 5.10 Å². The lowest BCUT2D eigenvalue weighted by atomic mass is 10.0. The fourth-order valence-electron chi connectivity index (χ4n) is 2.10. The molecule has 0 spiro atoms. The molecule has 4 heteroatoms. The van der Waals surface area contributed by atoms with Crippen molar-refractivity contribution in [2.45, 2.75) is 6.92 Å². The van der Waals surface area contributed by atoms with E-state index in [1.807, 2.05) is 43.3 Å². The molecule has 0 saturated carbocycles. The summed E-state index contributed by atoms with van der Waals surface area (Å²) in [6.07, 6.45) is 0. The van der Waals surface area contributed by atoms with Crippen LogP contribution in [-0.2, 0) is 0 Å². The first kappa shape index (κ1) is 11.8. The van der Waals surface area contributed by atoms with E-state index in [-0.39, 0.29) is 0 Å². The monoisotopic (exact) mass is 267 g/mol. The van der Waals surface area contributed by atoms with Gasteiger partial charge in [0.25, 0.3) is 0 Å². The summed E-state index contributed by atoms with van der Waals surface area (Å²) in [5, 5.41) is 18.0. The molecule has 19 heavy (non-hydrogen) atoms. The second-order valence-corrected chi connectivity index (χ2v) is 4.84. The third-order valence-corrected chi connectivity index (χ3v) is 3.39. The fraction of sp³-hybridized carbons (Fsp3) is 0.0667. The number of nitrogens with zero attached hydrogens (tertiary/aromatic N) is 2. The van der Waals surface area contributed by atoms with Gasteiger partial charge in [-0.15, -0.1) is 0 Å². The molecular formula is C15H10ClN3. The highest BCUT2D eigenvalue weighted by Crippen LogP contribution is 2.29. The molecule has 3 rings (SSSR count). The van der Waals surface area contributed by atoms with Gasteiger partial charge in [-0.2, -0.15) is 10.4 Å². The summed E-state index contributed by atoms with van der Waals surface area (Å²) in [7, 11) is 0. The van der Waals surface area contributed by atoms with Gasteiger partial charge in [0.1, 0.15) is 0 Å². The third-order valence-electron chi connectivity index (χ3n) is 3.16. The molecule has 3 nitrogen and oxygen atoms in total. The van der Waals surface area contributed by atoms with Crippen LogP contribution >= 0.6 is 11.6 Å². The molecule has 0 radical (unpaired) electrons. The Hall–Kier alpha value is -2.31. The molecule has 0 bridgehead atoms. The van der Waals surface area contributed by atoms with Crippen molar-refractivity contribution in [1.82, 2.24) is 10.2 Å². The van der Waals surface area contributed by atoms with Crippen LogP contribution in [0.5, 0.6) is 0 Å². The Labute approximate surface area is 115 Å². The fourth-order valence-corrected chi connectivity index (χ4v) is 2.27. The number of hydrogen-bond acceptors (Lipinski definition) is 2. The molecular weight excluding hydrogens is 258 g/mol. The van der Waals surface area contributed by atoms with E-state index in [0.717, 1.165) is 27.7 Å². The van der Waals surface area contributed by atoms with Crippen molar-refractivity contribution in [3.8, 4) is 17.3 Å². The van der Waals surface area contributed by atoms with Crippen LogP contribution < -0.4 is 0 Å². The summed E-state index contributed by atoms with van der Waals surface area (Å²) in [5.74, 6) is 0. The predicted octanol–water partition coefficient (Wildman–Crippen LogP) is 4.06.